The molecule has 12 rings (SSSR count). The summed E-state index contributed by atoms with van der Waals surface area (Å²) in [7, 11) is -14.2. The molecule has 0 saturated heterocycles. The number of nitrogens with two attached hydrogens (primary N) is 1. The third kappa shape index (κ3) is 19.2. The molecule has 1 amide bonds. The molecule has 0 spiro atoms. The number of hydrogen-bond acceptors (Lipinski definition) is 17. The molecule has 9 N–H and O–H groups in total. The van der Waals surface area contributed by atoms with Gasteiger partial charge in [-0.1, -0.05) is 108 Å². The summed E-state index contributed by atoms with van der Waals surface area (Å²) in [5.74, 6) is -1.55. The largest absolute Gasteiger partial charge is 0.416 e. The van der Waals surface area contributed by atoms with Crippen LogP contribution in [0.1, 0.15) is 131 Å². The first-order chi connectivity index (χ1) is 55.7. The highest BCUT2D eigenvalue weighted by Crippen LogP contribution is 2.45. The van der Waals surface area contributed by atoms with E-state index in [1.165, 1.54) is 52.1 Å². The molecule has 7 unspecified atom stereocenters. The average Bonchev–Trinajstić information content (AvgIpc) is 1.66. The molecule has 8 aromatic carbocycles. The van der Waals surface area contributed by atoms with Crippen molar-refractivity contribution in [1.29, 1.82) is 10.5 Å². The third-order valence-electron chi connectivity index (χ3n) is 20.9. The van der Waals surface area contributed by atoms with Crippen LogP contribution in [0.3, 0.4) is 0 Å². The first kappa shape index (κ1) is 91.4. The van der Waals surface area contributed by atoms with Crippen LogP contribution in [-0.2, 0) is 79.4 Å². The quantitative estimate of drug-likeness (QED) is 0.0233. The number of carbonyl (C=O) groups is 1. The summed E-state index contributed by atoms with van der Waals surface area (Å²) in [5.41, 5.74) is 6.14. The van der Waals surface area contributed by atoms with Gasteiger partial charge >= 0.3 is 12.4 Å². The number of anilines is 4. The predicted octanol–water partition coefficient (Wildman–Crippen LogP) is 14.2. The van der Waals surface area contributed by atoms with Crippen molar-refractivity contribution in [2.45, 2.75) is 140 Å². The number of hydrogen-bond donors (Lipinski definition) is 8. The standard InChI is InChI=1S/C22H25N3O3S.C21H23F4N3O3S.C20H22N4O3S.C19H19F3N4O3S/c1-4-21(26)22(5-2,17-11-9-16(15-23)10-12-17)25-14-13-18-19(24-29(3,27)28)7-6-8-20(18)25;1-4-19(29)20(5-2,13-6-8-14(9-7-13)21(23,24)25)28-18-11-15(22)10-17(16(18)12-26-28)27-32(3,30)31;1-4-20(14(2)25,16-10-8-15(12-21)9-11-16)24-19-7-5-6-18(17(19)13-22-24)23-28(3,26)27;1-3-18(17(23)27,12-7-9-13(10-8-12)19(20,21)22)26-16-6-4-5-15(14(16)11-24-26)25-30(2,28)29/h6-14,21,24,26H,4-5H2,1-3H3;6-12,19,27,29H,4-5H2,1-3H3;5-11,13-14,23,25H,4H2,1-3H3;4-11,25H,3H2,1-2H3,(H2,23,27). The number of aromatic nitrogens is 7. The highest BCUT2D eigenvalue weighted by molar-refractivity contribution is 7.92. The minimum absolute atomic E-state index is 0.0304. The SMILES string of the molecule is CCC(C(N)=O)(c1ccc(C(F)(F)F)cc1)n1ncc2c(NS(C)(=O)=O)cccc21.CCC(O)C(CC)(c1ccc(C#N)cc1)n1ccc2c(NS(C)(=O)=O)cccc21.CCC(O)C(CC)(c1ccc(C(F)(F)F)cc1)n1ncc2c(NS(C)(=O)=O)cc(F)cc21.CCC(c1ccc(C#N)cc1)(C(C)O)n1ncc2c(NS(C)(=O)=O)cccc21. The first-order valence-corrected chi connectivity index (χ1v) is 44.6. The Balaban J connectivity index is 0.000000181. The fraction of sp³-hybridized carbons (Fsp3) is 0.317. The van der Waals surface area contributed by atoms with Gasteiger partial charge in [-0.25, -0.2) is 42.7 Å². The maximum Gasteiger partial charge on any atom is 0.416 e. The minimum atomic E-state index is -4.52. The van der Waals surface area contributed by atoms with Gasteiger partial charge in [-0.2, -0.15) is 52.2 Å². The van der Waals surface area contributed by atoms with Gasteiger partial charge in [0.1, 0.15) is 16.9 Å². The normalized spacial score (nSPS) is 14.9. The number of fused-ring (bicyclic) bond motifs is 4. The maximum atomic E-state index is 14.4. The molecule has 0 bridgehead atoms. The summed E-state index contributed by atoms with van der Waals surface area (Å²) >= 11 is 0. The van der Waals surface area contributed by atoms with E-state index in [-0.39, 0.29) is 47.1 Å². The monoisotopic (exact) mass is 1720 g/mol. The number of halogens is 7. The van der Waals surface area contributed by atoms with E-state index in [2.05, 4.69) is 46.3 Å². The Hall–Kier alpha value is -11.5. The Bertz CT molecular complexity index is 6260. The third-order valence-corrected chi connectivity index (χ3v) is 23.2. The van der Waals surface area contributed by atoms with E-state index in [1.807, 2.05) is 74.0 Å². The molecule has 0 fully saturated rings. The van der Waals surface area contributed by atoms with Gasteiger partial charge in [0, 0.05) is 27.7 Å². The number of alkyl halides is 6. The number of primary amides is 1. The summed E-state index contributed by atoms with van der Waals surface area (Å²) in [6, 6.07) is 46.5. The number of aliphatic hydroxyl groups is 3. The number of carbonyl (C=O) groups excluding carboxylic acids is 1. The lowest BCUT2D eigenvalue weighted by atomic mass is 9.80. The van der Waals surface area contributed by atoms with E-state index in [4.69, 9.17) is 16.3 Å². The lowest BCUT2D eigenvalue weighted by Gasteiger charge is -2.40. The molecule has 4 heterocycles. The number of nitrogens with one attached hydrogen (secondary N) is 4. The first-order valence-electron chi connectivity index (χ1n) is 37.1. The van der Waals surface area contributed by atoms with Crippen LogP contribution < -0.4 is 24.6 Å². The van der Waals surface area contributed by atoms with Crippen LogP contribution in [0.4, 0.5) is 53.5 Å². The van der Waals surface area contributed by atoms with Gasteiger partial charge in [0.2, 0.25) is 46.0 Å². The number of benzene rings is 8. The molecule has 4 aromatic heterocycles. The molecule has 26 nitrogen and oxygen atoms in total. The topological polar surface area (TPSA) is 394 Å². The average molecular weight is 1720 g/mol. The lowest BCUT2D eigenvalue weighted by molar-refractivity contribution is -0.138. The molecule has 12 aromatic rings. The van der Waals surface area contributed by atoms with Gasteiger partial charge in [-0.15, -0.1) is 0 Å². The van der Waals surface area contributed by atoms with Crippen LogP contribution in [-0.4, -0.2) is 132 Å². The van der Waals surface area contributed by atoms with E-state index in [0.717, 1.165) is 83.5 Å². The van der Waals surface area contributed by atoms with Gasteiger partial charge in [0.25, 0.3) is 0 Å². The molecule has 37 heteroatoms. The number of sulfonamides is 4. The molecule has 0 aliphatic rings. The van der Waals surface area contributed by atoms with Crippen molar-refractivity contribution in [2.75, 3.05) is 43.9 Å². The summed E-state index contributed by atoms with van der Waals surface area (Å²) in [4.78, 5) is 12.6. The molecule has 632 valence electrons. The number of aliphatic hydroxyl groups excluding tert-OH is 3. The Morgan fingerprint density at radius 2 is 0.773 bits per heavy atom. The highest BCUT2D eigenvalue weighted by Gasteiger charge is 2.46. The van der Waals surface area contributed by atoms with Crippen molar-refractivity contribution in [1.82, 2.24) is 33.9 Å². The van der Waals surface area contributed by atoms with Crippen LogP contribution in [0.25, 0.3) is 43.6 Å². The summed E-state index contributed by atoms with van der Waals surface area (Å²) < 4.78 is 202. The summed E-state index contributed by atoms with van der Waals surface area (Å²) in [5, 5.41) is 66.3. The number of nitriles is 2. The van der Waals surface area contributed by atoms with Crippen molar-refractivity contribution in [2.24, 2.45) is 5.73 Å². The van der Waals surface area contributed by atoms with Gasteiger partial charge in [-0.3, -0.25) is 33.0 Å². The van der Waals surface area contributed by atoms with Crippen LogP contribution >= 0.6 is 0 Å². The second kappa shape index (κ2) is 35.6. The van der Waals surface area contributed by atoms with Crippen LogP contribution in [0.5, 0.6) is 0 Å². The van der Waals surface area contributed by atoms with Gasteiger partial charge in [0.15, 0.2) is 5.54 Å². The van der Waals surface area contributed by atoms with Crippen LogP contribution in [0, 0.1) is 28.5 Å². The van der Waals surface area contributed by atoms with E-state index in [1.54, 1.807) is 99.2 Å². The smallest absolute Gasteiger partial charge is 0.391 e. The van der Waals surface area contributed by atoms with Gasteiger partial charge < -0.3 is 25.6 Å². The zero-order valence-electron chi connectivity index (χ0n) is 66.3. The zero-order chi connectivity index (χ0) is 88.0. The van der Waals surface area contributed by atoms with Crippen molar-refractivity contribution >= 4 is 112 Å². The van der Waals surface area contributed by atoms with E-state index >= 15 is 0 Å². The molecule has 0 radical (unpaired) electrons. The zero-order valence-corrected chi connectivity index (χ0v) is 69.6. The van der Waals surface area contributed by atoms with Crippen molar-refractivity contribution in [3.8, 4) is 12.1 Å². The number of amides is 1. The van der Waals surface area contributed by atoms with E-state index < -0.39 is 116 Å². The number of nitrogens with zero attached hydrogens (tertiary/aromatic N) is 9. The second-order valence-electron chi connectivity index (χ2n) is 28.4. The van der Waals surface area contributed by atoms with E-state index in [9.17, 15) is 84.5 Å². The second-order valence-corrected chi connectivity index (χ2v) is 35.4. The Morgan fingerprint density at radius 1 is 0.437 bits per heavy atom. The highest BCUT2D eigenvalue weighted by atomic mass is 32.2. The fourth-order valence-corrected chi connectivity index (χ4v) is 17.6. The molecule has 119 heavy (non-hydrogen) atoms. The van der Waals surface area contributed by atoms with Crippen LogP contribution in [0.15, 0.2) is 195 Å². The molecular weight excluding hydrogens is 1630 g/mol. The van der Waals surface area contributed by atoms with Crippen LogP contribution in [0.2, 0.25) is 0 Å². The minimum Gasteiger partial charge on any atom is -0.391 e. The predicted molar refractivity (Wildman–Crippen MR) is 443 cm³/mol. The summed E-state index contributed by atoms with van der Waals surface area (Å²) in [6.07, 6.45) is 0.982. The Labute approximate surface area is 683 Å². The lowest BCUT2D eigenvalue weighted by Crippen LogP contribution is -2.47. The summed E-state index contributed by atoms with van der Waals surface area (Å²) in [6.45, 7) is 12.7. The van der Waals surface area contributed by atoms with Gasteiger partial charge in [0.05, 0.1) is 147 Å². The van der Waals surface area contributed by atoms with Crippen molar-refractivity contribution in [3.05, 3.63) is 245 Å². The maximum absolute atomic E-state index is 14.4. The van der Waals surface area contributed by atoms with Crippen molar-refractivity contribution in [3.63, 3.8) is 0 Å². The molecular formula is C82H89F7N14O12S4. The fourth-order valence-electron chi connectivity index (χ4n) is 15.3. The molecule has 0 aliphatic heterocycles. The van der Waals surface area contributed by atoms with Crippen molar-refractivity contribution < 1.29 is 84.5 Å². The molecule has 0 aliphatic carbocycles. The number of rotatable bonds is 26. The molecule has 0 saturated carbocycles. The van der Waals surface area contributed by atoms with E-state index in [0.29, 0.717) is 69.1 Å². The van der Waals surface area contributed by atoms with Gasteiger partial charge in [-0.05, 0) is 171 Å². The Kier molecular flexibility index (Phi) is 27.4. The Morgan fingerprint density at radius 3 is 1.15 bits per heavy atom. The molecule has 7 atom stereocenters.